The van der Waals surface area contributed by atoms with Crippen molar-refractivity contribution in [2.24, 2.45) is 10.8 Å². The Labute approximate surface area is 191 Å². The number of hydrogen-bond donors (Lipinski definition) is 1. The van der Waals surface area contributed by atoms with Gasteiger partial charge >= 0.3 is 0 Å². The van der Waals surface area contributed by atoms with Gasteiger partial charge in [-0.15, -0.1) is 0 Å². The number of hydrogen-bond acceptors (Lipinski definition) is 6. The maximum Gasteiger partial charge on any atom is 0.222 e. The third kappa shape index (κ3) is 14.9. The van der Waals surface area contributed by atoms with Gasteiger partial charge in [-0.3, -0.25) is 4.79 Å². The van der Waals surface area contributed by atoms with Gasteiger partial charge in [-0.05, 0) is 48.2 Å². The summed E-state index contributed by atoms with van der Waals surface area (Å²) in [5.74, 6) is 0.0279. The molecule has 0 rings (SSSR count). The first-order chi connectivity index (χ1) is 13.7. The summed E-state index contributed by atoms with van der Waals surface area (Å²) in [5, 5.41) is 2.99. The summed E-state index contributed by atoms with van der Waals surface area (Å²) in [6.45, 7) is 17.8. The van der Waals surface area contributed by atoms with Gasteiger partial charge in [0.2, 0.25) is 5.91 Å². The van der Waals surface area contributed by atoms with Crippen LogP contribution < -0.4 is 5.32 Å². The van der Waals surface area contributed by atoms with Crippen LogP contribution in [-0.4, -0.2) is 82.8 Å². The highest BCUT2D eigenvalue weighted by Crippen LogP contribution is 2.22. The molecule has 0 atom stereocenters. The van der Waals surface area contributed by atoms with E-state index in [4.69, 9.17) is 9.47 Å². The summed E-state index contributed by atoms with van der Waals surface area (Å²) in [5.41, 5.74) is -1.21. The van der Waals surface area contributed by atoms with Crippen LogP contribution in [0.4, 0.5) is 0 Å². The number of rotatable bonds is 15. The molecule has 0 saturated heterocycles. The number of nitrogens with one attached hydrogen (secondary N) is 1. The lowest BCUT2D eigenvalue weighted by molar-refractivity contribution is -0.128. The number of carbonyl (C=O) groups is 1. The number of nitrogens with zero attached hydrogens (tertiary/aromatic N) is 1. The molecule has 0 spiro atoms. The van der Waals surface area contributed by atoms with E-state index in [1.54, 1.807) is 0 Å². The maximum atomic E-state index is 12.5. The van der Waals surface area contributed by atoms with Crippen molar-refractivity contribution in [3.8, 4) is 0 Å². The topological polar surface area (TPSA) is 84.9 Å². The van der Waals surface area contributed by atoms with Gasteiger partial charge in [-0.25, -0.2) is 8.42 Å². The van der Waals surface area contributed by atoms with Crippen molar-refractivity contribution in [3.05, 3.63) is 0 Å². The van der Waals surface area contributed by atoms with Gasteiger partial charge < -0.3 is 19.7 Å². The SMILES string of the molecule is CN(C)C(C)(C)CCOC(C)(C)CC(=O)NCC(C)(C)COCC(C)(C)CS(C)(=O)=O. The fourth-order valence-electron chi connectivity index (χ4n) is 3.04. The first-order valence-electron chi connectivity index (χ1n) is 11.0. The van der Waals surface area contributed by atoms with Crippen molar-refractivity contribution in [1.82, 2.24) is 10.2 Å². The van der Waals surface area contributed by atoms with Gasteiger partial charge in [0, 0.05) is 35.8 Å². The largest absolute Gasteiger partial charge is 0.380 e. The van der Waals surface area contributed by atoms with Crippen molar-refractivity contribution in [2.45, 2.75) is 79.4 Å². The molecule has 0 unspecified atom stereocenters. The van der Waals surface area contributed by atoms with Crippen LogP contribution in [0.3, 0.4) is 0 Å². The molecule has 0 fully saturated rings. The van der Waals surface area contributed by atoms with Gasteiger partial charge in [-0.1, -0.05) is 27.7 Å². The second-order valence-corrected chi connectivity index (χ2v) is 14.1. The third-order valence-corrected chi connectivity index (χ3v) is 6.71. The van der Waals surface area contributed by atoms with E-state index < -0.39 is 20.9 Å². The van der Waals surface area contributed by atoms with Crippen molar-refractivity contribution >= 4 is 15.7 Å². The highest BCUT2D eigenvalue weighted by Gasteiger charge is 2.28. The molecule has 7 nitrogen and oxygen atoms in total. The molecule has 0 aromatic rings. The minimum Gasteiger partial charge on any atom is -0.380 e. The first-order valence-corrected chi connectivity index (χ1v) is 13.1. The van der Waals surface area contributed by atoms with Crippen molar-refractivity contribution < 1.29 is 22.7 Å². The smallest absolute Gasteiger partial charge is 0.222 e. The zero-order valence-corrected chi connectivity index (χ0v) is 22.7. The molecule has 0 heterocycles. The Kier molecular flexibility index (Phi) is 11.2. The Morgan fingerprint density at radius 1 is 0.935 bits per heavy atom. The van der Waals surface area contributed by atoms with Crippen LogP contribution in [0.5, 0.6) is 0 Å². The average Bonchev–Trinajstić information content (AvgIpc) is 2.49. The van der Waals surface area contributed by atoms with Crippen LogP contribution in [0, 0.1) is 10.8 Å². The molecule has 0 aromatic heterocycles. The molecule has 31 heavy (non-hydrogen) atoms. The molecule has 186 valence electrons. The second kappa shape index (κ2) is 11.4. The average molecular weight is 465 g/mol. The minimum absolute atomic E-state index is 0.0399. The monoisotopic (exact) mass is 464 g/mol. The molecule has 8 heteroatoms. The summed E-state index contributed by atoms with van der Waals surface area (Å²) in [6, 6.07) is 0. The predicted octanol–water partition coefficient (Wildman–Crippen LogP) is 3.13. The summed E-state index contributed by atoms with van der Waals surface area (Å²) < 4.78 is 34.9. The Morgan fingerprint density at radius 2 is 1.45 bits per heavy atom. The highest BCUT2D eigenvalue weighted by atomic mass is 32.2. The molecule has 0 radical (unpaired) electrons. The van der Waals surface area contributed by atoms with E-state index in [0.717, 1.165) is 6.42 Å². The van der Waals surface area contributed by atoms with Gasteiger partial charge in [0.1, 0.15) is 9.84 Å². The lowest BCUT2D eigenvalue weighted by atomic mass is 9.93. The molecule has 1 amide bonds. The molecular formula is C23H48N2O5S. The summed E-state index contributed by atoms with van der Waals surface area (Å²) in [6.07, 6.45) is 2.40. The zero-order valence-electron chi connectivity index (χ0n) is 21.8. The van der Waals surface area contributed by atoms with Crippen LogP contribution in [0.1, 0.15) is 68.2 Å². The van der Waals surface area contributed by atoms with Gasteiger partial charge in [0.15, 0.2) is 0 Å². The van der Waals surface area contributed by atoms with Crippen molar-refractivity contribution in [3.63, 3.8) is 0 Å². The van der Waals surface area contributed by atoms with Gasteiger partial charge in [0.25, 0.3) is 0 Å². The van der Waals surface area contributed by atoms with E-state index in [1.807, 2.05) is 41.5 Å². The standard InChI is InChI=1S/C23H48N2O5S/c1-20(2,16-29-17-21(3,4)18-31(11,27)28)15-24-19(26)14-23(7,8)30-13-12-22(5,6)25(9)10/h12-18H2,1-11H3,(H,24,26). The van der Waals surface area contributed by atoms with Crippen LogP contribution >= 0.6 is 0 Å². The fourth-order valence-corrected chi connectivity index (χ4v) is 4.55. The first kappa shape index (κ1) is 30.3. The molecule has 0 aliphatic carbocycles. The van der Waals surface area contributed by atoms with Crippen LogP contribution in [0.25, 0.3) is 0 Å². The van der Waals surface area contributed by atoms with E-state index >= 15 is 0 Å². The van der Waals surface area contributed by atoms with E-state index in [2.05, 4.69) is 38.2 Å². The summed E-state index contributed by atoms with van der Waals surface area (Å²) in [4.78, 5) is 14.6. The molecular weight excluding hydrogens is 416 g/mol. The predicted molar refractivity (Wildman–Crippen MR) is 128 cm³/mol. The van der Waals surface area contributed by atoms with E-state index in [1.165, 1.54) is 6.26 Å². The summed E-state index contributed by atoms with van der Waals surface area (Å²) >= 11 is 0. The zero-order chi connectivity index (χ0) is 24.7. The maximum absolute atomic E-state index is 12.5. The van der Waals surface area contributed by atoms with E-state index in [-0.39, 0.29) is 29.0 Å². The lowest BCUT2D eigenvalue weighted by Gasteiger charge is -2.34. The van der Waals surface area contributed by atoms with E-state index in [9.17, 15) is 13.2 Å². The molecule has 1 N–H and O–H groups in total. The molecule has 0 aliphatic rings. The Bertz CT molecular complexity index is 667. The highest BCUT2D eigenvalue weighted by molar-refractivity contribution is 7.90. The lowest BCUT2D eigenvalue weighted by Crippen LogP contribution is -2.42. The summed E-state index contributed by atoms with van der Waals surface area (Å²) in [7, 11) is 1.05. The Hall–Kier alpha value is -0.700. The number of sulfone groups is 1. The van der Waals surface area contributed by atoms with Crippen LogP contribution in [-0.2, 0) is 24.1 Å². The van der Waals surface area contributed by atoms with Crippen molar-refractivity contribution in [2.75, 3.05) is 52.5 Å². The van der Waals surface area contributed by atoms with E-state index in [0.29, 0.717) is 26.4 Å². The Balaban J connectivity index is 4.41. The quantitative estimate of drug-likeness (QED) is 0.401. The van der Waals surface area contributed by atoms with Crippen LogP contribution in [0.2, 0.25) is 0 Å². The van der Waals surface area contributed by atoms with Gasteiger partial charge in [-0.2, -0.15) is 0 Å². The Morgan fingerprint density at radius 3 is 1.94 bits per heavy atom. The fraction of sp³-hybridized carbons (Fsp3) is 0.957. The number of amides is 1. The molecule has 0 aliphatic heterocycles. The normalized spacial score (nSPS) is 14.2. The number of carbonyl (C=O) groups excluding carboxylic acids is 1. The van der Waals surface area contributed by atoms with Crippen LogP contribution in [0.15, 0.2) is 0 Å². The minimum atomic E-state index is -3.06. The number of ether oxygens (including phenoxy) is 2. The molecule has 0 bridgehead atoms. The molecule has 0 aromatic carbocycles. The second-order valence-electron chi connectivity index (χ2n) is 11.9. The third-order valence-electron chi connectivity index (χ3n) is 5.41. The van der Waals surface area contributed by atoms with Crippen molar-refractivity contribution in [1.29, 1.82) is 0 Å². The van der Waals surface area contributed by atoms with Gasteiger partial charge in [0.05, 0.1) is 31.0 Å². The molecule has 0 saturated carbocycles.